The molecule has 2 amide bonds. The van der Waals surface area contributed by atoms with Gasteiger partial charge < -0.3 is 24.3 Å². The quantitative estimate of drug-likeness (QED) is 0.557. The van der Waals surface area contributed by atoms with Crippen molar-refractivity contribution in [2.45, 2.75) is 26.7 Å². The van der Waals surface area contributed by atoms with Gasteiger partial charge in [-0.3, -0.25) is 0 Å². The molecule has 0 radical (unpaired) electrons. The number of rotatable bonds is 4. The second-order valence-corrected chi connectivity index (χ2v) is 9.33. The second kappa shape index (κ2) is 9.41. The topological polar surface area (TPSA) is 62.1 Å². The standard InChI is InChI=1S/C25H28F3N5O2/c1-15-3-4-32(12-15)25(34)30-20-11-18(16(2)9-19(20)26)17-10-22(31-5-7-35-8-6-31)24-29-21(23(27)28)14-33(24)13-17/h9-11,13-15,23H,3-8,12H2,1-2H3,(H,30,34)/t15-/m1/s1. The van der Waals surface area contributed by atoms with E-state index < -0.39 is 12.2 Å². The maximum absolute atomic E-state index is 14.8. The molecule has 0 saturated carbocycles. The molecular formula is C25H28F3N5O2. The Hall–Kier alpha value is -3.27. The van der Waals surface area contributed by atoms with E-state index in [0.717, 1.165) is 6.42 Å². The number of pyridine rings is 1. The number of nitrogens with one attached hydrogen (secondary N) is 1. The van der Waals surface area contributed by atoms with Crippen molar-refractivity contribution in [3.05, 3.63) is 47.7 Å². The number of amides is 2. The summed E-state index contributed by atoms with van der Waals surface area (Å²) in [7, 11) is 0. The lowest BCUT2D eigenvalue weighted by Crippen LogP contribution is -2.36. The number of aryl methyl sites for hydroxylation is 1. The largest absolute Gasteiger partial charge is 0.378 e. The summed E-state index contributed by atoms with van der Waals surface area (Å²) < 4.78 is 48.8. The lowest BCUT2D eigenvalue weighted by atomic mass is 10.00. The van der Waals surface area contributed by atoms with E-state index in [1.165, 1.54) is 12.3 Å². The second-order valence-electron chi connectivity index (χ2n) is 9.33. The van der Waals surface area contributed by atoms with Crippen LogP contribution < -0.4 is 10.2 Å². The number of alkyl halides is 2. The Morgan fingerprint density at radius 3 is 2.63 bits per heavy atom. The number of hydrogen-bond acceptors (Lipinski definition) is 4. The van der Waals surface area contributed by atoms with Crippen molar-refractivity contribution in [2.24, 2.45) is 5.92 Å². The molecular weight excluding hydrogens is 459 g/mol. The van der Waals surface area contributed by atoms with Gasteiger partial charge in [0, 0.05) is 44.1 Å². The van der Waals surface area contributed by atoms with Crippen molar-refractivity contribution >= 4 is 23.1 Å². The molecule has 1 N–H and O–H groups in total. The molecule has 0 spiro atoms. The van der Waals surface area contributed by atoms with Crippen LogP contribution in [-0.4, -0.2) is 59.7 Å². The summed E-state index contributed by atoms with van der Waals surface area (Å²) in [6.45, 7) is 7.40. The SMILES string of the molecule is Cc1cc(F)c(NC(=O)N2CC[C@@H](C)C2)cc1-c1cc(N2CCOCC2)c2nc(C(F)F)cn2c1. The zero-order valence-electron chi connectivity index (χ0n) is 19.7. The maximum atomic E-state index is 14.8. The van der Waals surface area contributed by atoms with Crippen LogP contribution in [0.25, 0.3) is 16.8 Å². The highest BCUT2D eigenvalue weighted by atomic mass is 19.3. The number of fused-ring (bicyclic) bond motifs is 1. The zero-order chi connectivity index (χ0) is 24.7. The number of carbonyl (C=O) groups is 1. The van der Waals surface area contributed by atoms with Gasteiger partial charge in [-0.25, -0.2) is 22.9 Å². The van der Waals surface area contributed by atoms with Crippen molar-refractivity contribution in [1.82, 2.24) is 14.3 Å². The summed E-state index contributed by atoms with van der Waals surface area (Å²) >= 11 is 0. The fourth-order valence-electron chi connectivity index (χ4n) is 4.78. The van der Waals surface area contributed by atoms with Crippen LogP contribution in [0.3, 0.4) is 0 Å². The van der Waals surface area contributed by atoms with E-state index in [1.807, 2.05) is 6.07 Å². The summed E-state index contributed by atoms with van der Waals surface area (Å²) in [5, 5.41) is 2.71. The third-order valence-electron chi connectivity index (χ3n) is 6.70. The van der Waals surface area contributed by atoms with Gasteiger partial charge in [-0.15, -0.1) is 0 Å². The first kappa shape index (κ1) is 23.5. The van der Waals surface area contributed by atoms with Gasteiger partial charge in [0.1, 0.15) is 11.5 Å². The Bertz CT molecular complexity index is 1260. The number of ether oxygens (including phenoxy) is 1. The molecule has 4 heterocycles. The predicted octanol–water partition coefficient (Wildman–Crippen LogP) is 5.10. The van der Waals surface area contributed by atoms with Gasteiger partial charge >= 0.3 is 6.03 Å². The van der Waals surface area contributed by atoms with Crippen LogP contribution in [0.4, 0.5) is 29.3 Å². The van der Waals surface area contributed by atoms with Gasteiger partial charge in [-0.2, -0.15) is 0 Å². The molecule has 1 aromatic carbocycles. The molecule has 186 valence electrons. The molecule has 2 saturated heterocycles. The number of carbonyl (C=O) groups excluding carboxylic acids is 1. The predicted molar refractivity (Wildman–Crippen MR) is 128 cm³/mol. The molecule has 1 atom stereocenters. The average Bonchev–Trinajstić information content (AvgIpc) is 3.47. The molecule has 2 aliphatic heterocycles. The molecule has 2 aromatic heterocycles. The number of hydrogen-bond donors (Lipinski definition) is 1. The van der Waals surface area contributed by atoms with Gasteiger partial charge in [-0.1, -0.05) is 6.92 Å². The number of nitrogens with zero attached hydrogens (tertiary/aromatic N) is 4. The number of urea groups is 1. The first-order chi connectivity index (χ1) is 16.8. The molecule has 3 aromatic rings. The summed E-state index contributed by atoms with van der Waals surface area (Å²) in [6.07, 6.45) is 1.26. The van der Waals surface area contributed by atoms with Crippen LogP contribution in [-0.2, 0) is 4.74 Å². The lowest BCUT2D eigenvalue weighted by Gasteiger charge is -2.29. The van der Waals surface area contributed by atoms with E-state index in [1.54, 1.807) is 28.5 Å². The summed E-state index contributed by atoms with van der Waals surface area (Å²) in [5.41, 5.74) is 2.99. The van der Waals surface area contributed by atoms with Crippen LogP contribution in [0, 0.1) is 18.7 Å². The van der Waals surface area contributed by atoms with E-state index in [-0.39, 0.29) is 17.4 Å². The van der Waals surface area contributed by atoms with Crippen LogP contribution in [0.2, 0.25) is 0 Å². The highest BCUT2D eigenvalue weighted by Crippen LogP contribution is 2.35. The van der Waals surface area contributed by atoms with E-state index in [0.29, 0.717) is 73.3 Å². The Balaban J connectivity index is 1.56. The maximum Gasteiger partial charge on any atom is 0.321 e. The third-order valence-corrected chi connectivity index (χ3v) is 6.70. The number of aromatic nitrogens is 2. The van der Waals surface area contributed by atoms with Crippen molar-refractivity contribution in [3.63, 3.8) is 0 Å². The van der Waals surface area contributed by atoms with Crippen LogP contribution in [0.1, 0.15) is 31.0 Å². The molecule has 10 heteroatoms. The molecule has 0 aliphatic carbocycles. The van der Waals surface area contributed by atoms with Gasteiger partial charge in [0.25, 0.3) is 6.43 Å². The van der Waals surface area contributed by atoms with Gasteiger partial charge in [-0.05, 0) is 48.6 Å². The van der Waals surface area contributed by atoms with Gasteiger partial charge in [0.05, 0.1) is 24.6 Å². The molecule has 2 aliphatic rings. The minimum absolute atomic E-state index is 0.0853. The Morgan fingerprint density at radius 2 is 1.94 bits per heavy atom. The van der Waals surface area contributed by atoms with E-state index >= 15 is 0 Å². The number of likely N-dealkylation sites (tertiary alicyclic amines) is 1. The number of imidazole rings is 1. The van der Waals surface area contributed by atoms with Crippen LogP contribution >= 0.6 is 0 Å². The van der Waals surface area contributed by atoms with Crippen molar-refractivity contribution < 1.29 is 22.7 Å². The lowest BCUT2D eigenvalue weighted by molar-refractivity contribution is 0.123. The average molecular weight is 488 g/mol. The molecule has 0 bridgehead atoms. The van der Waals surface area contributed by atoms with Gasteiger partial charge in [0.15, 0.2) is 5.65 Å². The highest BCUT2D eigenvalue weighted by Gasteiger charge is 2.25. The van der Waals surface area contributed by atoms with Crippen LogP contribution in [0.15, 0.2) is 30.6 Å². The molecule has 0 unspecified atom stereocenters. The summed E-state index contributed by atoms with van der Waals surface area (Å²) in [5.74, 6) is -0.109. The fourth-order valence-corrected chi connectivity index (χ4v) is 4.78. The molecule has 35 heavy (non-hydrogen) atoms. The smallest absolute Gasteiger partial charge is 0.321 e. The molecule has 2 fully saturated rings. The monoisotopic (exact) mass is 487 g/mol. The van der Waals surface area contributed by atoms with Crippen LogP contribution in [0.5, 0.6) is 0 Å². The van der Waals surface area contributed by atoms with Crippen molar-refractivity contribution in [1.29, 1.82) is 0 Å². The van der Waals surface area contributed by atoms with Crippen molar-refractivity contribution in [3.8, 4) is 11.1 Å². The Kier molecular flexibility index (Phi) is 6.31. The Morgan fingerprint density at radius 1 is 1.17 bits per heavy atom. The summed E-state index contributed by atoms with van der Waals surface area (Å²) in [4.78, 5) is 20.6. The van der Waals surface area contributed by atoms with Crippen molar-refractivity contribution in [2.75, 3.05) is 49.6 Å². The van der Waals surface area contributed by atoms with E-state index in [2.05, 4.69) is 22.1 Å². The molecule has 5 rings (SSSR count). The first-order valence-electron chi connectivity index (χ1n) is 11.8. The number of benzene rings is 1. The summed E-state index contributed by atoms with van der Waals surface area (Å²) in [6, 6.07) is 4.55. The number of halogens is 3. The van der Waals surface area contributed by atoms with E-state index in [9.17, 15) is 18.0 Å². The number of morpholine rings is 1. The first-order valence-corrected chi connectivity index (χ1v) is 11.8. The molecule has 7 nitrogen and oxygen atoms in total. The minimum atomic E-state index is -2.70. The highest BCUT2D eigenvalue weighted by molar-refractivity contribution is 5.91. The zero-order valence-corrected chi connectivity index (χ0v) is 19.7. The van der Waals surface area contributed by atoms with Gasteiger partial charge in [0.2, 0.25) is 0 Å². The Labute approximate surface area is 201 Å². The normalized spacial score (nSPS) is 18.6. The number of anilines is 2. The fraction of sp³-hybridized carbons (Fsp3) is 0.440. The van der Waals surface area contributed by atoms with E-state index in [4.69, 9.17) is 4.74 Å². The third kappa shape index (κ3) is 4.67. The minimum Gasteiger partial charge on any atom is -0.378 e.